The molecule has 2 heterocycles. The zero-order valence-electron chi connectivity index (χ0n) is 15.5. The first-order chi connectivity index (χ1) is 12.6. The number of hydrogen-bond donors (Lipinski definition) is 1. The molecular formula is C20H24N4OS. The van der Waals surface area contributed by atoms with Crippen LogP contribution < -0.4 is 5.32 Å². The third kappa shape index (κ3) is 4.02. The number of nitrogens with one attached hydrogen (secondary N) is 1. The normalized spacial score (nSPS) is 10.9. The fourth-order valence-electron chi connectivity index (χ4n) is 2.72. The van der Waals surface area contributed by atoms with Crippen LogP contribution in [0.4, 0.5) is 0 Å². The van der Waals surface area contributed by atoms with Crippen LogP contribution in [0.3, 0.4) is 0 Å². The maximum atomic E-state index is 12.4. The quantitative estimate of drug-likeness (QED) is 0.623. The lowest BCUT2D eigenvalue weighted by Crippen LogP contribution is -2.24. The summed E-state index contributed by atoms with van der Waals surface area (Å²) >= 11 is 1.52. The smallest absolute Gasteiger partial charge is 0.254 e. The molecule has 0 fully saturated rings. The first kappa shape index (κ1) is 18.3. The van der Waals surface area contributed by atoms with E-state index in [4.69, 9.17) is 0 Å². The Labute approximate surface area is 158 Å². The molecular weight excluding hydrogens is 344 g/mol. The van der Waals surface area contributed by atoms with Crippen molar-refractivity contribution in [1.82, 2.24) is 20.1 Å². The van der Waals surface area contributed by atoms with Crippen molar-refractivity contribution in [2.24, 2.45) is 0 Å². The van der Waals surface area contributed by atoms with E-state index >= 15 is 0 Å². The third-order valence-electron chi connectivity index (χ3n) is 4.34. The number of aryl methyl sites for hydroxylation is 1. The summed E-state index contributed by atoms with van der Waals surface area (Å²) in [7, 11) is 0. The van der Waals surface area contributed by atoms with Gasteiger partial charge in [0.05, 0.1) is 23.1 Å². The van der Waals surface area contributed by atoms with Crippen molar-refractivity contribution in [1.29, 1.82) is 0 Å². The van der Waals surface area contributed by atoms with Crippen LogP contribution in [-0.2, 0) is 0 Å². The van der Waals surface area contributed by atoms with Gasteiger partial charge in [-0.2, -0.15) is 5.10 Å². The molecule has 0 bridgehead atoms. The van der Waals surface area contributed by atoms with Gasteiger partial charge in [0, 0.05) is 17.5 Å². The molecule has 0 aliphatic carbocycles. The highest BCUT2D eigenvalue weighted by molar-refractivity contribution is 7.12. The van der Waals surface area contributed by atoms with Gasteiger partial charge < -0.3 is 5.32 Å². The van der Waals surface area contributed by atoms with Gasteiger partial charge >= 0.3 is 0 Å². The predicted octanol–water partition coefficient (Wildman–Crippen LogP) is 4.53. The summed E-state index contributed by atoms with van der Waals surface area (Å²) in [6.45, 7) is 6.82. The Morgan fingerprint density at radius 2 is 1.96 bits per heavy atom. The van der Waals surface area contributed by atoms with Crippen molar-refractivity contribution in [2.75, 3.05) is 6.54 Å². The van der Waals surface area contributed by atoms with Crippen LogP contribution in [0.25, 0.3) is 16.4 Å². The van der Waals surface area contributed by atoms with Gasteiger partial charge in [-0.25, -0.2) is 9.67 Å². The van der Waals surface area contributed by atoms with Crippen molar-refractivity contribution in [3.8, 4) is 16.4 Å². The zero-order valence-corrected chi connectivity index (χ0v) is 16.3. The van der Waals surface area contributed by atoms with E-state index in [0.29, 0.717) is 12.1 Å². The lowest BCUT2D eigenvalue weighted by atomic mass is 10.1. The monoisotopic (exact) mass is 368 g/mol. The van der Waals surface area contributed by atoms with Crippen LogP contribution >= 0.6 is 11.3 Å². The van der Waals surface area contributed by atoms with Gasteiger partial charge in [-0.15, -0.1) is 11.3 Å². The van der Waals surface area contributed by atoms with Gasteiger partial charge in [0.15, 0.2) is 0 Å². The number of aromatic nitrogens is 3. The van der Waals surface area contributed by atoms with Gasteiger partial charge in [0.25, 0.3) is 5.91 Å². The first-order valence-corrected chi connectivity index (χ1v) is 9.84. The fourth-order valence-corrected chi connectivity index (χ4v) is 3.56. The number of thiazole rings is 1. The van der Waals surface area contributed by atoms with Crippen LogP contribution in [0.2, 0.25) is 0 Å². The SMILES string of the molecule is CCCCCNC(=O)c1cnn(-c2nc(-c3ccc(C)cc3)cs2)c1C. The number of rotatable bonds is 7. The zero-order chi connectivity index (χ0) is 18.5. The summed E-state index contributed by atoms with van der Waals surface area (Å²) < 4.78 is 1.74. The summed E-state index contributed by atoms with van der Waals surface area (Å²) in [5.41, 5.74) is 4.64. The molecule has 6 heteroatoms. The molecule has 1 aromatic carbocycles. The lowest BCUT2D eigenvalue weighted by molar-refractivity contribution is 0.0952. The van der Waals surface area contributed by atoms with Crippen LogP contribution in [-0.4, -0.2) is 27.2 Å². The molecule has 0 aliphatic heterocycles. The van der Waals surface area contributed by atoms with Gasteiger partial charge in [0.2, 0.25) is 5.13 Å². The highest BCUT2D eigenvalue weighted by Crippen LogP contribution is 2.25. The Morgan fingerprint density at radius 1 is 1.19 bits per heavy atom. The summed E-state index contributed by atoms with van der Waals surface area (Å²) in [5.74, 6) is -0.0693. The molecule has 0 spiro atoms. The minimum absolute atomic E-state index is 0.0693. The first-order valence-electron chi connectivity index (χ1n) is 8.96. The summed E-state index contributed by atoms with van der Waals surface area (Å²) in [6, 6.07) is 8.29. The highest BCUT2D eigenvalue weighted by atomic mass is 32.1. The standard InChI is InChI=1S/C20H24N4OS/c1-4-5-6-11-21-19(25)17-12-22-24(15(17)3)20-23-18(13-26-20)16-9-7-14(2)8-10-16/h7-10,12-13H,4-6,11H2,1-3H3,(H,21,25). The second kappa shape index (κ2) is 8.27. The Morgan fingerprint density at radius 3 is 2.69 bits per heavy atom. The van der Waals surface area contributed by atoms with Crippen molar-refractivity contribution in [2.45, 2.75) is 40.0 Å². The molecule has 0 saturated heterocycles. The van der Waals surface area contributed by atoms with Crippen LogP contribution in [0.1, 0.15) is 47.8 Å². The number of nitrogens with zero attached hydrogens (tertiary/aromatic N) is 3. The largest absolute Gasteiger partial charge is 0.352 e. The molecule has 0 saturated carbocycles. The number of unbranched alkanes of at least 4 members (excludes halogenated alkanes) is 2. The second-order valence-electron chi connectivity index (χ2n) is 6.40. The number of carbonyl (C=O) groups is 1. The Bertz CT molecular complexity index is 880. The average Bonchev–Trinajstić information content (AvgIpc) is 3.26. The number of amides is 1. The van der Waals surface area contributed by atoms with Crippen LogP contribution in [0.5, 0.6) is 0 Å². The molecule has 5 nitrogen and oxygen atoms in total. The van der Waals surface area contributed by atoms with E-state index in [-0.39, 0.29) is 5.91 Å². The fraction of sp³-hybridized carbons (Fsp3) is 0.350. The van der Waals surface area contributed by atoms with Gasteiger partial charge in [-0.1, -0.05) is 49.6 Å². The summed E-state index contributed by atoms with van der Waals surface area (Å²) in [4.78, 5) is 17.0. The molecule has 26 heavy (non-hydrogen) atoms. The van der Waals surface area contributed by atoms with E-state index in [2.05, 4.69) is 53.5 Å². The topological polar surface area (TPSA) is 59.8 Å². The van der Waals surface area contributed by atoms with Crippen molar-refractivity contribution in [3.63, 3.8) is 0 Å². The van der Waals surface area contributed by atoms with Gasteiger partial charge in [-0.3, -0.25) is 4.79 Å². The molecule has 0 aliphatic rings. The average molecular weight is 369 g/mol. The molecule has 3 rings (SSSR count). The van der Waals surface area contributed by atoms with Crippen LogP contribution in [0.15, 0.2) is 35.8 Å². The van der Waals surface area contributed by atoms with Crippen molar-refractivity contribution >= 4 is 17.2 Å². The van der Waals surface area contributed by atoms with E-state index in [9.17, 15) is 4.79 Å². The molecule has 1 N–H and O–H groups in total. The molecule has 1 amide bonds. The van der Waals surface area contributed by atoms with Gasteiger partial charge in [0.1, 0.15) is 0 Å². The minimum atomic E-state index is -0.0693. The number of carbonyl (C=O) groups excluding carboxylic acids is 1. The van der Waals surface area contributed by atoms with Crippen molar-refractivity contribution in [3.05, 3.63) is 52.7 Å². The van der Waals surface area contributed by atoms with Gasteiger partial charge in [-0.05, 0) is 20.3 Å². The Hall–Kier alpha value is -2.47. The second-order valence-corrected chi connectivity index (χ2v) is 7.24. The van der Waals surface area contributed by atoms with E-state index in [1.54, 1.807) is 10.9 Å². The van der Waals surface area contributed by atoms with Crippen molar-refractivity contribution < 1.29 is 4.79 Å². The predicted molar refractivity (Wildman–Crippen MR) is 106 cm³/mol. The molecule has 136 valence electrons. The van der Waals surface area contributed by atoms with E-state index in [0.717, 1.165) is 41.3 Å². The maximum absolute atomic E-state index is 12.4. The van der Waals surface area contributed by atoms with Crippen LogP contribution in [0, 0.1) is 13.8 Å². The van der Waals surface area contributed by atoms with E-state index < -0.39 is 0 Å². The lowest BCUT2D eigenvalue weighted by Gasteiger charge is -2.04. The Kier molecular flexibility index (Phi) is 5.83. The molecule has 0 unspecified atom stereocenters. The summed E-state index contributed by atoms with van der Waals surface area (Å²) in [6.07, 6.45) is 4.89. The summed E-state index contributed by atoms with van der Waals surface area (Å²) in [5, 5.41) is 10.1. The molecule has 2 aromatic heterocycles. The minimum Gasteiger partial charge on any atom is -0.352 e. The Balaban J connectivity index is 1.75. The number of hydrogen-bond acceptors (Lipinski definition) is 4. The maximum Gasteiger partial charge on any atom is 0.254 e. The van der Waals surface area contributed by atoms with E-state index in [1.807, 2.05) is 12.3 Å². The molecule has 3 aromatic rings. The highest BCUT2D eigenvalue weighted by Gasteiger charge is 2.16. The van der Waals surface area contributed by atoms with E-state index in [1.165, 1.54) is 16.9 Å². The number of benzene rings is 1. The molecule has 0 radical (unpaired) electrons. The molecule has 0 atom stereocenters. The third-order valence-corrected chi connectivity index (χ3v) is 5.16.